The van der Waals surface area contributed by atoms with Crippen LogP contribution in [0.25, 0.3) is 0 Å². The van der Waals surface area contributed by atoms with Gasteiger partial charge in [0.15, 0.2) is 0 Å². The number of hydrogen-bond acceptors (Lipinski definition) is 5. The summed E-state index contributed by atoms with van der Waals surface area (Å²) in [7, 11) is -3.38. The molecule has 21 heavy (non-hydrogen) atoms. The van der Waals surface area contributed by atoms with Gasteiger partial charge in [-0.05, 0) is 43.0 Å². The fourth-order valence-corrected chi connectivity index (χ4v) is 3.31. The Balaban J connectivity index is 1.72. The minimum Gasteiger partial charge on any atom is -0.492 e. The summed E-state index contributed by atoms with van der Waals surface area (Å²) >= 11 is 0. The number of nitrogens with two attached hydrogens (primary N) is 1. The Hall–Kier alpha value is -1.31. The third kappa shape index (κ3) is 5.18. The highest BCUT2D eigenvalue weighted by Gasteiger charge is 2.26. The fourth-order valence-electron chi connectivity index (χ4n) is 2.39. The third-order valence-electron chi connectivity index (χ3n) is 3.69. The predicted octanol–water partition coefficient (Wildman–Crippen LogP) is 0.728. The molecule has 0 saturated heterocycles. The molecule has 7 heteroatoms. The molecule has 0 spiro atoms. The second kappa shape index (κ2) is 7.11. The second-order valence-corrected chi connectivity index (χ2v) is 7.27. The maximum absolute atomic E-state index is 11.8. The van der Waals surface area contributed by atoms with Crippen molar-refractivity contribution in [2.24, 2.45) is 5.92 Å². The van der Waals surface area contributed by atoms with E-state index in [1.807, 2.05) is 0 Å². The van der Waals surface area contributed by atoms with E-state index in [4.69, 9.17) is 10.5 Å². The van der Waals surface area contributed by atoms with Gasteiger partial charge in [0.2, 0.25) is 10.0 Å². The zero-order valence-corrected chi connectivity index (χ0v) is 12.7. The van der Waals surface area contributed by atoms with Crippen LogP contribution in [0.2, 0.25) is 0 Å². The number of nitrogen functional groups attached to an aromatic ring is 1. The van der Waals surface area contributed by atoms with E-state index in [1.54, 1.807) is 24.3 Å². The van der Waals surface area contributed by atoms with Gasteiger partial charge in [0.05, 0.1) is 11.9 Å². The smallest absolute Gasteiger partial charge is 0.214 e. The molecule has 0 aromatic heterocycles. The molecule has 0 heterocycles. The molecule has 2 atom stereocenters. The summed E-state index contributed by atoms with van der Waals surface area (Å²) in [5.74, 6) is 0.503. The summed E-state index contributed by atoms with van der Waals surface area (Å²) in [6.07, 6.45) is 2.19. The van der Waals surface area contributed by atoms with E-state index in [-0.39, 0.29) is 18.3 Å². The standard InChI is InChI=1S/C14H22N2O4S/c15-12-4-6-13(7-5-12)20-8-9-21(18,19)16-10-11-2-1-3-14(11)17/h4-7,11,14,16-17H,1-3,8-10,15H2. The summed E-state index contributed by atoms with van der Waals surface area (Å²) in [5.41, 5.74) is 6.18. The summed E-state index contributed by atoms with van der Waals surface area (Å²) < 4.78 is 31.6. The molecule has 0 bridgehead atoms. The van der Waals surface area contributed by atoms with Gasteiger partial charge in [0.1, 0.15) is 12.4 Å². The van der Waals surface area contributed by atoms with Crippen LogP contribution in [0.15, 0.2) is 24.3 Å². The number of sulfonamides is 1. The quantitative estimate of drug-likeness (QED) is 0.644. The maximum Gasteiger partial charge on any atom is 0.214 e. The van der Waals surface area contributed by atoms with Crippen molar-refractivity contribution in [3.05, 3.63) is 24.3 Å². The number of ether oxygens (including phenoxy) is 1. The number of nitrogens with one attached hydrogen (secondary N) is 1. The molecular weight excluding hydrogens is 292 g/mol. The van der Waals surface area contributed by atoms with Crippen LogP contribution >= 0.6 is 0 Å². The molecule has 1 aliphatic carbocycles. The fraction of sp³-hybridized carbons (Fsp3) is 0.571. The monoisotopic (exact) mass is 314 g/mol. The minimum atomic E-state index is -3.38. The lowest BCUT2D eigenvalue weighted by molar-refractivity contribution is 0.134. The number of aliphatic hydroxyl groups is 1. The molecule has 1 aromatic carbocycles. The van der Waals surface area contributed by atoms with Crippen molar-refractivity contribution in [1.29, 1.82) is 0 Å². The van der Waals surface area contributed by atoms with Crippen molar-refractivity contribution in [3.8, 4) is 5.75 Å². The first-order valence-electron chi connectivity index (χ1n) is 7.10. The molecule has 0 radical (unpaired) electrons. The van der Waals surface area contributed by atoms with Crippen LogP contribution in [-0.4, -0.2) is 38.5 Å². The predicted molar refractivity (Wildman–Crippen MR) is 81.5 cm³/mol. The first kappa shape index (κ1) is 16.1. The molecule has 1 aromatic rings. The molecule has 118 valence electrons. The number of benzene rings is 1. The topological polar surface area (TPSA) is 102 Å². The van der Waals surface area contributed by atoms with Crippen molar-refractivity contribution in [1.82, 2.24) is 4.72 Å². The van der Waals surface area contributed by atoms with Gasteiger partial charge in [0, 0.05) is 12.2 Å². The maximum atomic E-state index is 11.8. The largest absolute Gasteiger partial charge is 0.492 e. The van der Waals surface area contributed by atoms with Gasteiger partial charge < -0.3 is 15.6 Å². The van der Waals surface area contributed by atoms with Crippen LogP contribution in [0.5, 0.6) is 5.75 Å². The molecular formula is C14H22N2O4S. The lowest BCUT2D eigenvalue weighted by Crippen LogP contribution is -2.35. The Labute approximate surface area is 125 Å². The van der Waals surface area contributed by atoms with E-state index in [2.05, 4.69) is 4.72 Å². The Bertz CT molecular complexity index is 545. The van der Waals surface area contributed by atoms with Crippen LogP contribution in [-0.2, 0) is 10.0 Å². The summed E-state index contributed by atoms with van der Waals surface area (Å²) in [5, 5.41) is 9.66. The highest BCUT2D eigenvalue weighted by atomic mass is 32.2. The van der Waals surface area contributed by atoms with Gasteiger partial charge in [0.25, 0.3) is 0 Å². The van der Waals surface area contributed by atoms with Crippen LogP contribution in [0.3, 0.4) is 0 Å². The molecule has 4 N–H and O–H groups in total. The first-order chi connectivity index (χ1) is 9.96. The number of aliphatic hydroxyl groups excluding tert-OH is 1. The zero-order chi connectivity index (χ0) is 15.3. The zero-order valence-electron chi connectivity index (χ0n) is 11.9. The SMILES string of the molecule is Nc1ccc(OCCS(=O)(=O)NCC2CCCC2O)cc1. The van der Waals surface area contributed by atoms with E-state index in [9.17, 15) is 13.5 Å². The van der Waals surface area contributed by atoms with Gasteiger partial charge in [-0.25, -0.2) is 13.1 Å². The van der Waals surface area contributed by atoms with E-state index in [0.717, 1.165) is 19.3 Å². The van der Waals surface area contributed by atoms with E-state index in [1.165, 1.54) is 0 Å². The van der Waals surface area contributed by atoms with E-state index in [0.29, 0.717) is 18.0 Å². The van der Waals surface area contributed by atoms with Gasteiger partial charge in [-0.15, -0.1) is 0 Å². The van der Waals surface area contributed by atoms with Crippen molar-refractivity contribution in [2.75, 3.05) is 24.6 Å². The molecule has 6 nitrogen and oxygen atoms in total. The number of hydrogen-bond donors (Lipinski definition) is 3. The third-order valence-corrected chi connectivity index (χ3v) is 5.00. The lowest BCUT2D eigenvalue weighted by Gasteiger charge is -2.15. The van der Waals surface area contributed by atoms with Crippen LogP contribution in [0, 0.1) is 5.92 Å². The Morgan fingerprint density at radius 1 is 1.29 bits per heavy atom. The molecule has 2 rings (SSSR count). The van der Waals surface area contributed by atoms with Crippen molar-refractivity contribution < 1.29 is 18.3 Å². The van der Waals surface area contributed by atoms with Crippen LogP contribution in [0.1, 0.15) is 19.3 Å². The Morgan fingerprint density at radius 2 is 2.00 bits per heavy atom. The van der Waals surface area contributed by atoms with Crippen LogP contribution in [0.4, 0.5) is 5.69 Å². The van der Waals surface area contributed by atoms with Crippen molar-refractivity contribution in [2.45, 2.75) is 25.4 Å². The van der Waals surface area contributed by atoms with Crippen molar-refractivity contribution in [3.63, 3.8) is 0 Å². The Kier molecular flexibility index (Phi) is 5.44. The Morgan fingerprint density at radius 3 is 2.62 bits per heavy atom. The normalized spacial score (nSPS) is 22.3. The second-order valence-electron chi connectivity index (χ2n) is 5.34. The van der Waals surface area contributed by atoms with Crippen LogP contribution < -0.4 is 15.2 Å². The molecule has 0 aliphatic heterocycles. The van der Waals surface area contributed by atoms with Gasteiger partial charge in [-0.3, -0.25) is 0 Å². The summed E-state index contributed by atoms with van der Waals surface area (Å²) in [4.78, 5) is 0. The summed E-state index contributed by atoms with van der Waals surface area (Å²) in [6, 6.07) is 6.79. The average Bonchev–Trinajstić information content (AvgIpc) is 2.84. The first-order valence-corrected chi connectivity index (χ1v) is 8.75. The summed E-state index contributed by atoms with van der Waals surface area (Å²) in [6.45, 7) is 0.373. The molecule has 1 aliphatic rings. The molecule has 0 amide bonds. The van der Waals surface area contributed by atoms with Crippen molar-refractivity contribution >= 4 is 15.7 Å². The highest BCUT2D eigenvalue weighted by Crippen LogP contribution is 2.24. The van der Waals surface area contributed by atoms with Gasteiger partial charge in [-0.2, -0.15) is 0 Å². The van der Waals surface area contributed by atoms with Gasteiger partial charge in [-0.1, -0.05) is 6.42 Å². The lowest BCUT2D eigenvalue weighted by atomic mass is 10.1. The number of anilines is 1. The van der Waals surface area contributed by atoms with Gasteiger partial charge >= 0.3 is 0 Å². The molecule has 2 unspecified atom stereocenters. The minimum absolute atomic E-state index is 0.0257. The molecule has 1 fully saturated rings. The highest BCUT2D eigenvalue weighted by molar-refractivity contribution is 7.89. The number of rotatable bonds is 7. The molecule has 1 saturated carbocycles. The average molecular weight is 314 g/mol. The van der Waals surface area contributed by atoms with E-state index < -0.39 is 16.1 Å². The van der Waals surface area contributed by atoms with E-state index >= 15 is 0 Å².